The first-order valence-corrected chi connectivity index (χ1v) is 17.5. The van der Waals surface area contributed by atoms with Crippen LogP contribution in [0.1, 0.15) is 35.0 Å². The van der Waals surface area contributed by atoms with Crippen LogP contribution < -0.4 is 15.0 Å². The monoisotopic (exact) mass is 664 g/mol. The molecule has 2 fully saturated rings. The number of nitrogens with zero attached hydrogens (tertiary/aromatic N) is 6. The maximum absolute atomic E-state index is 16.2. The Hall–Kier alpha value is -4.19. The largest absolute Gasteiger partial charge is 0.477 e. The summed E-state index contributed by atoms with van der Waals surface area (Å²) in [5.41, 5.74) is 2.77. The summed E-state index contributed by atoms with van der Waals surface area (Å²) in [5, 5.41) is 9.79. The molecule has 1 aromatic carbocycles. The number of rotatable bonds is 7. The van der Waals surface area contributed by atoms with Gasteiger partial charge in [0.25, 0.3) is 7.52 Å². The van der Waals surface area contributed by atoms with Crippen LogP contribution in [0.4, 0.5) is 20.2 Å². The van der Waals surface area contributed by atoms with Gasteiger partial charge in [-0.25, -0.2) is 18.6 Å². The molecule has 2 saturated heterocycles. The second-order valence-electron chi connectivity index (χ2n) is 12.7. The number of fused-ring (bicyclic) bond motifs is 5. The Morgan fingerprint density at radius 1 is 1.17 bits per heavy atom. The number of carboxylic acid groups (broad SMARTS) is 1. The average Bonchev–Trinajstić information content (AvgIpc) is 3.72. The normalized spacial score (nSPS) is 19.9. The van der Waals surface area contributed by atoms with Crippen LogP contribution in [0.5, 0.6) is 0 Å². The summed E-state index contributed by atoms with van der Waals surface area (Å²) in [6.07, 6.45) is 5.59. The van der Waals surface area contributed by atoms with Gasteiger partial charge in [0, 0.05) is 99.8 Å². The van der Waals surface area contributed by atoms with Crippen LogP contribution in [0.25, 0.3) is 33.3 Å². The van der Waals surface area contributed by atoms with Crippen molar-refractivity contribution in [2.45, 2.75) is 25.8 Å². The summed E-state index contributed by atoms with van der Waals surface area (Å²) < 4.78 is 53.6. The first-order valence-electron chi connectivity index (χ1n) is 15.5. The van der Waals surface area contributed by atoms with Crippen molar-refractivity contribution in [3.8, 4) is 22.3 Å². The minimum atomic E-state index is -3.40. The maximum Gasteiger partial charge on any atom is 0.341 e. The van der Waals surface area contributed by atoms with Crippen LogP contribution in [0, 0.1) is 17.6 Å². The highest BCUT2D eigenvalue weighted by atomic mass is 31.2. The van der Waals surface area contributed by atoms with Crippen molar-refractivity contribution < 1.29 is 27.8 Å². The Bertz CT molecular complexity index is 2100. The highest BCUT2D eigenvalue weighted by molar-refractivity contribution is 7.59. The number of carboxylic acids is 1. The van der Waals surface area contributed by atoms with Gasteiger partial charge in [0.1, 0.15) is 11.2 Å². The highest BCUT2D eigenvalue weighted by Gasteiger charge is 2.44. The molecule has 5 heterocycles. The molecule has 0 saturated carbocycles. The number of halogens is 2. The molecule has 0 bridgehead atoms. The fourth-order valence-corrected chi connectivity index (χ4v) is 8.85. The molecule has 0 radical (unpaired) electrons. The Kier molecular flexibility index (Phi) is 7.49. The summed E-state index contributed by atoms with van der Waals surface area (Å²) in [6, 6.07) is 2.77. The molecule has 2 aliphatic heterocycles. The smallest absolute Gasteiger partial charge is 0.341 e. The fraction of sp³-hybridized carbons (Fsp3) is 0.394. The third kappa shape index (κ3) is 4.86. The van der Waals surface area contributed by atoms with E-state index < -0.39 is 30.6 Å². The number of pyridine rings is 3. The lowest BCUT2D eigenvalue weighted by Gasteiger charge is -2.31. The molecule has 47 heavy (non-hydrogen) atoms. The number of hydrogen-bond acceptors (Lipinski definition) is 8. The van der Waals surface area contributed by atoms with Crippen molar-refractivity contribution in [2.75, 3.05) is 56.6 Å². The standard InChI is InChI=1S/C33H35F2N6O5P/c1-6-46-47(5,45)40(4)25-11-23(34)29(35)27-19(25)10-24-28(27)30(41-8-7-17-14-38(2)16-26(17)41)21(13-36-24)18-9-20-31(42)22(33(43)44)15-39(3)32(20)37-12-18/h9,11-13,15,17,26H,6-8,10,14,16H2,1-5H3,(H,43,44)/t17-,26+,47?/m1/s1. The topological polar surface area (TPSA) is 121 Å². The molecule has 1 N–H and O–H groups in total. The van der Waals surface area contributed by atoms with Gasteiger partial charge < -0.3 is 28.7 Å². The zero-order valence-corrected chi connectivity index (χ0v) is 27.6. The van der Waals surface area contributed by atoms with E-state index in [1.165, 1.54) is 22.1 Å². The van der Waals surface area contributed by atoms with Gasteiger partial charge in [-0.2, -0.15) is 0 Å². The Morgan fingerprint density at radius 2 is 1.94 bits per heavy atom. The molecule has 1 unspecified atom stereocenters. The van der Waals surface area contributed by atoms with Gasteiger partial charge in [-0.05, 0) is 37.9 Å². The second-order valence-corrected chi connectivity index (χ2v) is 15.2. The number of aryl methyl sites for hydroxylation is 1. The van der Waals surface area contributed by atoms with Crippen molar-refractivity contribution in [3.05, 3.63) is 69.4 Å². The van der Waals surface area contributed by atoms with Crippen molar-refractivity contribution in [3.63, 3.8) is 0 Å². The van der Waals surface area contributed by atoms with Gasteiger partial charge in [-0.15, -0.1) is 0 Å². The maximum atomic E-state index is 16.2. The summed E-state index contributed by atoms with van der Waals surface area (Å²) >= 11 is 0. The lowest BCUT2D eigenvalue weighted by atomic mass is 9.96. The molecule has 0 spiro atoms. The number of aromatic nitrogens is 3. The van der Waals surface area contributed by atoms with E-state index in [-0.39, 0.29) is 41.3 Å². The van der Waals surface area contributed by atoms with Crippen molar-refractivity contribution in [1.29, 1.82) is 0 Å². The first kappa shape index (κ1) is 31.4. The summed E-state index contributed by atoms with van der Waals surface area (Å²) in [7, 11) is 1.84. The number of anilines is 2. The molecule has 0 amide bonds. The summed E-state index contributed by atoms with van der Waals surface area (Å²) in [4.78, 5) is 39.0. The van der Waals surface area contributed by atoms with Crippen LogP contribution in [-0.2, 0) is 22.6 Å². The van der Waals surface area contributed by atoms with Gasteiger partial charge in [0.15, 0.2) is 11.6 Å². The Labute approximate surface area is 269 Å². The predicted octanol–water partition coefficient (Wildman–Crippen LogP) is 4.98. The lowest BCUT2D eigenvalue weighted by Crippen LogP contribution is -2.35. The van der Waals surface area contributed by atoms with E-state index in [1.807, 2.05) is 0 Å². The predicted molar refractivity (Wildman–Crippen MR) is 176 cm³/mol. The van der Waals surface area contributed by atoms with Gasteiger partial charge in [-0.1, -0.05) is 0 Å². The number of hydrogen-bond donors (Lipinski definition) is 1. The Morgan fingerprint density at radius 3 is 2.66 bits per heavy atom. The van der Waals surface area contributed by atoms with E-state index >= 15 is 8.78 Å². The van der Waals surface area contributed by atoms with Crippen LogP contribution in [0.3, 0.4) is 0 Å². The lowest BCUT2D eigenvalue weighted by molar-refractivity contribution is 0.0695. The van der Waals surface area contributed by atoms with Gasteiger partial charge >= 0.3 is 5.97 Å². The quantitative estimate of drug-likeness (QED) is 0.239. The molecule has 7 rings (SSSR count). The van der Waals surface area contributed by atoms with E-state index in [9.17, 15) is 19.3 Å². The molecule has 3 aliphatic rings. The van der Waals surface area contributed by atoms with E-state index in [4.69, 9.17) is 9.51 Å². The first-order chi connectivity index (χ1) is 22.3. The van der Waals surface area contributed by atoms with E-state index in [0.717, 1.165) is 25.6 Å². The molecule has 3 aromatic heterocycles. The molecular formula is C33H35F2N6O5P. The van der Waals surface area contributed by atoms with Gasteiger partial charge in [0.2, 0.25) is 5.43 Å². The third-order valence-corrected chi connectivity index (χ3v) is 11.9. The molecule has 11 nitrogen and oxygen atoms in total. The zero-order valence-electron chi connectivity index (χ0n) is 26.8. The zero-order chi connectivity index (χ0) is 33.5. The minimum absolute atomic E-state index is 0.0651. The average molecular weight is 665 g/mol. The SMILES string of the molecule is CCOP(C)(=O)N(C)c1cc(F)c(F)c2c1Cc1ncc(-c3cnc4c(c3)c(=O)c(C(=O)O)cn4C)c(N3CC[C@@H]4CN(C)C[C@@H]43)c1-2. The second kappa shape index (κ2) is 11.2. The van der Waals surface area contributed by atoms with Gasteiger partial charge in [-0.3, -0.25) is 14.3 Å². The molecule has 1 aliphatic carbocycles. The van der Waals surface area contributed by atoms with Crippen molar-refractivity contribution in [1.82, 2.24) is 19.4 Å². The van der Waals surface area contributed by atoms with Gasteiger partial charge in [0.05, 0.1) is 29.1 Å². The van der Waals surface area contributed by atoms with Crippen molar-refractivity contribution in [2.24, 2.45) is 13.0 Å². The van der Waals surface area contributed by atoms with Crippen LogP contribution in [0.15, 0.2) is 35.5 Å². The Balaban J connectivity index is 1.50. The van der Waals surface area contributed by atoms with Crippen LogP contribution in [0.2, 0.25) is 0 Å². The van der Waals surface area contributed by atoms with Crippen molar-refractivity contribution >= 4 is 35.9 Å². The fourth-order valence-electron chi connectivity index (χ4n) is 7.63. The highest BCUT2D eigenvalue weighted by Crippen LogP contribution is 2.56. The molecule has 14 heteroatoms. The molecule has 3 atom stereocenters. The number of likely N-dealkylation sites (tertiary alicyclic amines) is 1. The van der Waals surface area contributed by atoms with E-state index in [2.05, 4.69) is 21.8 Å². The van der Waals surface area contributed by atoms with E-state index in [1.54, 1.807) is 39.5 Å². The molecular weight excluding hydrogens is 629 g/mol. The number of likely N-dealkylation sites (N-methyl/N-ethyl adjacent to an activating group) is 1. The minimum Gasteiger partial charge on any atom is -0.477 e. The van der Waals surface area contributed by atoms with Crippen LogP contribution >= 0.6 is 7.52 Å². The van der Waals surface area contributed by atoms with Crippen LogP contribution in [-0.4, -0.2) is 83.6 Å². The number of carbonyl (C=O) groups is 1. The van der Waals surface area contributed by atoms with E-state index in [0.29, 0.717) is 51.7 Å². The number of benzene rings is 1. The molecule has 4 aromatic rings. The molecule has 246 valence electrons. The summed E-state index contributed by atoms with van der Waals surface area (Å²) in [5.74, 6) is -3.08. The number of aromatic carboxylic acids is 1. The summed E-state index contributed by atoms with van der Waals surface area (Å²) in [6.45, 7) is 5.71. The third-order valence-electron chi connectivity index (χ3n) is 9.86.